The molecule has 2 N–H and O–H groups in total. The zero-order valence-electron chi connectivity index (χ0n) is 15.5. The summed E-state index contributed by atoms with van der Waals surface area (Å²) in [6, 6.07) is 18.6. The molecule has 28 heavy (non-hydrogen) atoms. The van der Waals surface area contributed by atoms with E-state index in [-0.39, 0.29) is 16.3 Å². The lowest BCUT2D eigenvalue weighted by Crippen LogP contribution is -2.39. The van der Waals surface area contributed by atoms with Crippen LogP contribution in [0.2, 0.25) is 0 Å². The number of nitrogens with one attached hydrogen (secondary N) is 2. The van der Waals surface area contributed by atoms with Gasteiger partial charge >= 0.3 is 0 Å². The van der Waals surface area contributed by atoms with Crippen molar-refractivity contribution in [2.24, 2.45) is 0 Å². The third-order valence-corrected chi connectivity index (χ3v) is 5.88. The van der Waals surface area contributed by atoms with E-state index in [1.54, 1.807) is 0 Å². The van der Waals surface area contributed by atoms with Crippen molar-refractivity contribution in [3.05, 3.63) is 83.2 Å². The standard InChI is InChI=1S/C20H21N3O4S/c1-14-20(15(2)27-23-14)28(25,26)21-13-18(24)22-19(16-9-5-3-6-10-16)17-11-7-4-8-12-17/h3-12,19,21H,13H2,1-2H3,(H,22,24). The lowest BCUT2D eigenvalue weighted by atomic mass is 9.99. The molecular formula is C20H21N3O4S. The second kappa shape index (κ2) is 8.37. The van der Waals surface area contributed by atoms with E-state index < -0.39 is 28.5 Å². The van der Waals surface area contributed by atoms with E-state index >= 15 is 0 Å². The molecule has 1 heterocycles. The van der Waals surface area contributed by atoms with Crippen molar-refractivity contribution in [3.8, 4) is 0 Å². The second-order valence-electron chi connectivity index (χ2n) is 6.30. The van der Waals surface area contributed by atoms with E-state index in [2.05, 4.69) is 15.2 Å². The maximum Gasteiger partial charge on any atom is 0.246 e. The Morgan fingerprint density at radius 1 is 1.00 bits per heavy atom. The molecule has 1 amide bonds. The molecule has 7 nitrogen and oxygen atoms in total. The van der Waals surface area contributed by atoms with Crippen LogP contribution in [0.5, 0.6) is 0 Å². The van der Waals surface area contributed by atoms with Crippen LogP contribution in [0, 0.1) is 13.8 Å². The molecule has 0 atom stereocenters. The maximum atomic E-state index is 12.5. The third kappa shape index (κ3) is 4.47. The van der Waals surface area contributed by atoms with Crippen molar-refractivity contribution in [3.63, 3.8) is 0 Å². The zero-order valence-corrected chi connectivity index (χ0v) is 16.4. The van der Waals surface area contributed by atoms with Gasteiger partial charge in [-0.05, 0) is 25.0 Å². The van der Waals surface area contributed by atoms with Gasteiger partial charge in [-0.25, -0.2) is 13.1 Å². The molecule has 0 bridgehead atoms. The Morgan fingerprint density at radius 2 is 1.54 bits per heavy atom. The monoisotopic (exact) mass is 399 g/mol. The topological polar surface area (TPSA) is 101 Å². The molecular weight excluding hydrogens is 378 g/mol. The van der Waals surface area contributed by atoms with Crippen molar-refractivity contribution >= 4 is 15.9 Å². The average molecular weight is 399 g/mol. The lowest BCUT2D eigenvalue weighted by Gasteiger charge is -2.20. The number of carbonyl (C=O) groups excluding carboxylic acids is 1. The number of nitrogens with zero attached hydrogens (tertiary/aromatic N) is 1. The van der Waals surface area contributed by atoms with Crippen molar-refractivity contribution < 1.29 is 17.7 Å². The first-order valence-corrected chi connectivity index (χ1v) is 10.2. The quantitative estimate of drug-likeness (QED) is 0.636. The van der Waals surface area contributed by atoms with Gasteiger partial charge in [0.05, 0.1) is 12.6 Å². The molecule has 1 aromatic heterocycles. The molecule has 0 unspecified atom stereocenters. The number of aromatic nitrogens is 1. The fraction of sp³-hybridized carbons (Fsp3) is 0.200. The van der Waals surface area contributed by atoms with Crippen LogP contribution in [0.25, 0.3) is 0 Å². The smallest absolute Gasteiger partial charge is 0.246 e. The second-order valence-corrected chi connectivity index (χ2v) is 8.00. The van der Waals surface area contributed by atoms with Crippen LogP contribution in [0.3, 0.4) is 0 Å². The highest BCUT2D eigenvalue weighted by molar-refractivity contribution is 7.89. The van der Waals surface area contributed by atoms with Gasteiger partial charge in [-0.2, -0.15) is 0 Å². The number of rotatable bonds is 7. The molecule has 0 aliphatic rings. The molecule has 146 valence electrons. The Hall–Kier alpha value is -2.97. The van der Waals surface area contributed by atoms with Crippen molar-refractivity contribution in [2.45, 2.75) is 24.8 Å². The molecule has 0 aliphatic heterocycles. The van der Waals surface area contributed by atoms with Gasteiger partial charge in [0.1, 0.15) is 10.6 Å². The van der Waals surface area contributed by atoms with Gasteiger partial charge in [0.2, 0.25) is 15.9 Å². The van der Waals surface area contributed by atoms with E-state index in [9.17, 15) is 13.2 Å². The molecule has 2 aromatic carbocycles. The highest BCUT2D eigenvalue weighted by atomic mass is 32.2. The summed E-state index contributed by atoms with van der Waals surface area (Å²) in [6.07, 6.45) is 0. The number of benzene rings is 2. The molecule has 0 saturated carbocycles. The minimum atomic E-state index is -3.91. The van der Waals surface area contributed by atoms with E-state index in [1.807, 2.05) is 60.7 Å². The summed E-state index contributed by atoms with van der Waals surface area (Å²) < 4.78 is 32.2. The number of sulfonamides is 1. The Balaban J connectivity index is 1.74. The highest BCUT2D eigenvalue weighted by Gasteiger charge is 2.25. The molecule has 0 spiro atoms. The fourth-order valence-corrected chi connectivity index (χ4v) is 4.26. The summed E-state index contributed by atoms with van der Waals surface area (Å²) in [5.74, 6) is -0.273. The summed E-state index contributed by atoms with van der Waals surface area (Å²) >= 11 is 0. The molecule has 3 rings (SSSR count). The number of hydrogen-bond donors (Lipinski definition) is 2. The van der Waals surface area contributed by atoms with Crippen LogP contribution < -0.4 is 10.0 Å². The van der Waals surface area contributed by atoms with Crippen LogP contribution in [-0.2, 0) is 14.8 Å². The summed E-state index contributed by atoms with van der Waals surface area (Å²) in [7, 11) is -3.91. The summed E-state index contributed by atoms with van der Waals surface area (Å²) in [5.41, 5.74) is 2.04. The Labute approximate surface area is 163 Å². The van der Waals surface area contributed by atoms with Crippen LogP contribution in [0.1, 0.15) is 28.6 Å². The molecule has 0 fully saturated rings. The minimum Gasteiger partial charge on any atom is -0.360 e. The lowest BCUT2D eigenvalue weighted by molar-refractivity contribution is -0.120. The largest absolute Gasteiger partial charge is 0.360 e. The van der Waals surface area contributed by atoms with Gasteiger partial charge in [0.15, 0.2) is 5.76 Å². The van der Waals surface area contributed by atoms with Gasteiger partial charge in [0, 0.05) is 0 Å². The van der Waals surface area contributed by atoms with Crippen molar-refractivity contribution in [1.82, 2.24) is 15.2 Å². The SMILES string of the molecule is Cc1noc(C)c1S(=O)(=O)NCC(=O)NC(c1ccccc1)c1ccccc1. The maximum absolute atomic E-state index is 12.5. The van der Waals surface area contributed by atoms with Crippen LogP contribution >= 0.6 is 0 Å². The Kier molecular flexibility index (Phi) is 5.91. The summed E-state index contributed by atoms with van der Waals surface area (Å²) in [4.78, 5) is 12.5. The van der Waals surface area contributed by atoms with Gasteiger partial charge in [-0.15, -0.1) is 0 Å². The van der Waals surface area contributed by atoms with Gasteiger partial charge < -0.3 is 9.84 Å². The van der Waals surface area contributed by atoms with E-state index in [0.29, 0.717) is 0 Å². The fourth-order valence-electron chi connectivity index (χ4n) is 2.95. The number of amides is 1. The van der Waals surface area contributed by atoms with Gasteiger partial charge in [-0.3, -0.25) is 4.79 Å². The van der Waals surface area contributed by atoms with Crippen LogP contribution in [0.15, 0.2) is 70.1 Å². The van der Waals surface area contributed by atoms with Crippen LogP contribution in [-0.4, -0.2) is 26.0 Å². The minimum absolute atomic E-state index is 0.0389. The molecule has 8 heteroatoms. The first kappa shape index (κ1) is 19.8. The molecule has 0 saturated heterocycles. The number of aryl methyl sites for hydroxylation is 2. The first-order valence-electron chi connectivity index (χ1n) is 8.70. The Bertz CT molecular complexity index is 989. The molecule has 0 aliphatic carbocycles. The molecule has 0 radical (unpaired) electrons. The summed E-state index contributed by atoms with van der Waals surface area (Å²) in [5, 5.41) is 6.53. The average Bonchev–Trinajstić information content (AvgIpc) is 3.05. The zero-order chi connectivity index (χ0) is 20.1. The predicted octanol–water partition coefficient (Wildman–Crippen LogP) is 2.48. The summed E-state index contributed by atoms with van der Waals surface area (Å²) in [6.45, 7) is 2.64. The van der Waals surface area contributed by atoms with E-state index in [1.165, 1.54) is 13.8 Å². The predicted molar refractivity (Wildman–Crippen MR) is 104 cm³/mol. The number of carbonyl (C=O) groups is 1. The first-order chi connectivity index (χ1) is 13.4. The number of hydrogen-bond acceptors (Lipinski definition) is 5. The van der Waals surface area contributed by atoms with E-state index in [0.717, 1.165) is 11.1 Å². The van der Waals surface area contributed by atoms with Crippen LogP contribution in [0.4, 0.5) is 0 Å². The van der Waals surface area contributed by atoms with Crippen molar-refractivity contribution in [1.29, 1.82) is 0 Å². The molecule has 3 aromatic rings. The highest BCUT2D eigenvalue weighted by Crippen LogP contribution is 2.22. The normalized spacial score (nSPS) is 11.5. The third-order valence-electron chi connectivity index (χ3n) is 4.23. The Morgan fingerprint density at radius 3 is 2.00 bits per heavy atom. The van der Waals surface area contributed by atoms with Gasteiger partial charge in [0.25, 0.3) is 0 Å². The van der Waals surface area contributed by atoms with Gasteiger partial charge in [-0.1, -0.05) is 65.8 Å². The van der Waals surface area contributed by atoms with Crippen molar-refractivity contribution in [2.75, 3.05) is 6.54 Å². The van der Waals surface area contributed by atoms with E-state index in [4.69, 9.17) is 4.52 Å².